The lowest BCUT2D eigenvalue weighted by Gasteiger charge is -2.19. The number of amides is 1. The average molecular weight is 329 g/mol. The number of carbonyl (C=O) groups excluding carboxylic acids is 2. The molecule has 6 heteroatoms. The Morgan fingerprint density at radius 3 is 2.42 bits per heavy atom. The van der Waals surface area contributed by atoms with Crippen molar-refractivity contribution in [3.05, 3.63) is 28.2 Å². The monoisotopic (exact) mass is 328 g/mol. The zero-order chi connectivity index (χ0) is 14.6. The number of anilines is 1. The van der Waals surface area contributed by atoms with E-state index in [9.17, 15) is 9.59 Å². The first-order valence-corrected chi connectivity index (χ1v) is 6.59. The molecular formula is C13H17BrN2O3. The van der Waals surface area contributed by atoms with Gasteiger partial charge in [-0.3, -0.25) is 4.79 Å². The van der Waals surface area contributed by atoms with E-state index in [1.165, 1.54) is 7.11 Å². The molecule has 1 rings (SSSR count). The summed E-state index contributed by atoms with van der Waals surface area (Å²) in [5.74, 6) is -0.899. The number of nitrogens with one attached hydrogen (secondary N) is 1. The van der Waals surface area contributed by atoms with Crippen LogP contribution in [0.15, 0.2) is 22.7 Å². The lowest BCUT2D eigenvalue weighted by atomic mass is 10.0. The minimum absolute atomic E-state index is 0.0686. The van der Waals surface area contributed by atoms with Gasteiger partial charge in [-0.05, 0) is 24.1 Å². The van der Waals surface area contributed by atoms with E-state index in [-0.39, 0.29) is 11.8 Å². The summed E-state index contributed by atoms with van der Waals surface area (Å²) in [6.45, 7) is 3.66. The van der Waals surface area contributed by atoms with Crippen molar-refractivity contribution < 1.29 is 14.3 Å². The number of nitrogens with two attached hydrogens (primary N) is 1. The van der Waals surface area contributed by atoms with Gasteiger partial charge in [-0.1, -0.05) is 29.8 Å². The largest absolute Gasteiger partial charge is 0.467 e. The van der Waals surface area contributed by atoms with Crippen molar-refractivity contribution in [3.63, 3.8) is 0 Å². The molecule has 0 saturated heterocycles. The summed E-state index contributed by atoms with van der Waals surface area (Å²) in [7, 11) is 1.29. The maximum absolute atomic E-state index is 12.1. The topological polar surface area (TPSA) is 81.4 Å². The van der Waals surface area contributed by atoms with Crippen LogP contribution in [0.3, 0.4) is 0 Å². The van der Waals surface area contributed by atoms with Gasteiger partial charge in [0.05, 0.1) is 7.11 Å². The first-order valence-electron chi connectivity index (χ1n) is 5.80. The molecule has 19 heavy (non-hydrogen) atoms. The quantitative estimate of drug-likeness (QED) is 0.654. The molecule has 1 amide bonds. The van der Waals surface area contributed by atoms with Gasteiger partial charge in [0.1, 0.15) is 6.04 Å². The molecule has 0 aromatic heterocycles. The highest BCUT2D eigenvalue weighted by atomic mass is 79.9. The fourth-order valence-electron chi connectivity index (χ4n) is 1.59. The fourth-order valence-corrected chi connectivity index (χ4v) is 2.10. The van der Waals surface area contributed by atoms with Crippen LogP contribution in [0.4, 0.5) is 5.69 Å². The number of methoxy groups -OCH3 is 1. The molecule has 1 aromatic rings. The highest BCUT2D eigenvalue weighted by Crippen LogP contribution is 2.17. The predicted octanol–water partition coefficient (Wildman–Crippen LogP) is 1.96. The van der Waals surface area contributed by atoms with Crippen LogP contribution in [0.25, 0.3) is 0 Å². The van der Waals surface area contributed by atoms with Gasteiger partial charge in [-0.25, -0.2) is 4.79 Å². The molecule has 0 heterocycles. The summed E-state index contributed by atoms with van der Waals surface area (Å²) in [5, 5.41) is 2.65. The Kier molecular flexibility index (Phi) is 5.35. The van der Waals surface area contributed by atoms with E-state index in [4.69, 9.17) is 5.73 Å². The number of rotatable bonds is 4. The number of halogens is 1. The van der Waals surface area contributed by atoms with E-state index in [2.05, 4.69) is 26.0 Å². The summed E-state index contributed by atoms with van der Waals surface area (Å²) >= 11 is 3.27. The third-order valence-corrected chi connectivity index (χ3v) is 3.05. The minimum Gasteiger partial charge on any atom is -0.467 e. The van der Waals surface area contributed by atoms with Crippen LogP contribution in [0.2, 0.25) is 0 Å². The Balaban J connectivity index is 2.90. The van der Waals surface area contributed by atoms with Gasteiger partial charge >= 0.3 is 5.97 Å². The van der Waals surface area contributed by atoms with E-state index in [0.717, 1.165) is 0 Å². The molecular weight excluding hydrogens is 312 g/mol. The van der Waals surface area contributed by atoms with E-state index < -0.39 is 12.0 Å². The van der Waals surface area contributed by atoms with Crippen molar-refractivity contribution >= 4 is 33.5 Å². The summed E-state index contributed by atoms with van der Waals surface area (Å²) in [6.07, 6.45) is 0. The van der Waals surface area contributed by atoms with E-state index in [0.29, 0.717) is 15.7 Å². The first kappa shape index (κ1) is 15.5. The van der Waals surface area contributed by atoms with Gasteiger partial charge in [-0.15, -0.1) is 0 Å². The molecule has 1 unspecified atom stereocenters. The fraction of sp³-hybridized carbons (Fsp3) is 0.385. The Labute approximate surface area is 120 Å². The third kappa shape index (κ3) is 4.24. The molecule has 104 valence electrons. The Hall–Kier alpha value is -1.56. The van der Waals surface area contributed by atoms with Crippen LogP contribution in [0, 0.1) is 5.92 Å². The number of ether oxygens (including phenoxy) is 1. The lowest BCUT2D eigenvalue weighted by molar-refractivity contribution is -0.144. The van der Waals surface area contributed by atoms with Crippen molar-refractivity contribution in [1.82, 2.24) is 5.32 Å². The molecule has 0 spiro atoms. The number of hydrogen-bond acceptors (Lipinski definition) is 4. The smallest absolute Gasteiger partial charge is 0.328 e. The van der Waals surface area contributed by atoms with Crippen molar-refractivity contribution in [3.8, 4) is 0 Å². The Morgan fingerprint density at radius 1 is 1.32 bits per heavy atom. The van der Waals surface area contributed by atoms with Crippen LogP contribution in [0.1, 0.15) is 24.2 Å². The van der Waals surface area contributed by atoms with Crippen LogP contribution >= 0.6 is 15.9 Å². The molecule has 1 atom stereocenters. The van der Waals surface area contributed by atoms with Crippen molar-refractivity contribution in [2.24, 2.45) is 5.92 Å². The van der Waals surface area contributed by atoms with Crippen molar-refractivity contribution in [1.29, 1.82) is 0 Å². The molecule has 0 aliphatic heterocycles. The highest BCUT2D eigenvalue weighted by molar-refractivity contribution is 9.10. The summed E-state index contributed by atoms with van der Waals surface area (Å²) in [6, 6.07) is 4.20. The zero-order valence-corrected chi connectivity index (χ0v) is 12.7. The molecule has 3 N–H and O–H groups in total. The van der Waals surface area contributed by atoms with Gasteiger partial charge in [0.2, 0.25) is 0 Å². The number of hydrogen-bond donors (Lipinski definition) is 2. The number of benzene rings is 1. The van der Waals surface area contributed by atoms with Crippen molar-refractivity contribution in [2.45, 2.75) is 19.9 Å². The summed E-state index contributed by atoms with van der Waals surface area (Å²) in [4.78, 5) is 23.7. The molecule has 0 bridgehead atoms. The third-order valence-electron chi connectivity index (χ3n) is 2.59. The van der Waals surface area contributed by atoms with E-state index >= 15 is 0 Å². The molecule has 0 aliphatic carbocycles. The van der Waals surface area contributed by atoms with Crippen molar-refractivity contribution in [2.75, 3.05) is 12.8 Å². The maximum atomic E-state index is 12.1. The van der Waals surface area contributed by atoms with Crippen LogP contribution in [-0.2, 0) is 9.53 Å². The number of carbonyl (C=O) groups is 2. The Bertz CT molecular complexity index is 469. The van der Waals surface area contributed by atoms with Gasteiger partial charge in [0.15, 0.2) is 0 Å². The second kappa shape index (κ2) is 6.56. The van der Waals surface area contributed by atoms with Crippen LogP contribution in [-0.4, -0.2) is 25.0 Å². The normalized spacial score (nSPS) is 12.1. The molecule has 0 fully saturated rings. The molecule has 0 radical (unpaired) electrons. The van der Waals surface area contributed by atoms with Gasteiger partial charge < -0.3 is 15.8 Å². The second-order valence-corrected chi connectivity index (χ2v) is 5.41. The molecule has 1 aromatic carbocycles. The predicted molar refractivity (Wildman–Crippen MR) is 76.7 cm³/mol. The average Bonchev–Trinajstić information content (AvgIpc) is 2.33. The second-order valence-electron chi connectivity index (χ2n) is 4.49. The summed E-state index contributed by atoms with van der Waals surface area (Å²) < 4.78 is 5.38. The molecule has 0 saturated carbocycles. The first-order chi connectivity index (χ1) is 8.85. The standard InChI is InChI=1S/C13H17BrN2O3/c1-7(2)11(13(18)19-3)16-12(17)8-4-9(14)6-10(15)5-8/h4-7,11H,15H2,1-3H3,(H,16,17). The van der Waals surface area contributed by atoms with Gasteiger partial charge in [-0.2, -0.15) is 0 Å². The van der Waals surface area contributed by atoms with Crippen LogP contribution in [0.5, 0.6) is 0 Å². The summed E-state index contributed by atoms with van der Waals surface area (Å²) in [5.41, 5.74) is 6.53. The van der Waals surface area contributed by atoms with Gasteiger partial charge in [0, 0.05) is 15.7 Å². The van der Waals surface area contributed by atoms with E-state index in [1.807, 2.05) is 13.8 Å². The molecule has 0 aliphatic rings. The van der Waals surface area contributed by atoms with E-state index in [1.54, 1.807) is 18.2 Å². The molecule has 5 nitrogen and oxygen atoms in total. The highest BCUT2D eigenvalue weighted by Gasteiger charge is 2.25. The zero-order valence-electron chi connectivity index (χ0n) is 11.1. The SMILES string of the molecule is COC(=O)C(NC(=O)c1cc(N)cc(Br)c1)C(C)C. The van der Waals surface area contributed by atoms with Gasteiger partial charge in [0.25, 0.3) is 5.91 Å². The maximum Gasteiger partial charge on any atom is 0.328 e. The Morgan fingerprint density at radius 2 is 1.95 bits per heavy atom. The van der Waals surface area contributed by atoms with Crippen LogP contribution < -0.4 is 11.1 Å². The number of esters is 1. The number of nitrogen functional groups attached to an aromatic ring is 1. The minimum atomic E-state index is -0.683. The lowest BCUT2D eigenvalue weighted by Crippen LogP contribution is -2.45.